The molecule has 0 bridgehead atoms. The number of amides is 2. The van der Waals surface area contributed by atoms with E-state index >= 15 is 0 Å². The molecule has 0 saturated heterocycles. The number of rotatable bonds is 8. The Hall–Kier alpha value is -4.11. The van der Waals surface area contributed by atoms with E-state index in [0.717, 1.165) is 11.1 Å². The second-order valence-electron chi connectivity index (χ2n) is 7.91. The fraction of sp³-hybridized carbons (Fsp3) is 0.200. The Morgan fingerprint density at radius 2 is 1.69 bits per heavy atom. The molecule has 0 aliphatic heterocycles. The number of aryl methyl sites for hydroxylation is 3. The van der Waals surface area contributed by atoms with Crippen LogP contribution in [0.25, 0.3) is 0 Å². The van der Waals surface area contributed by atoms with E-state index in [2.05, 4.69) is 20.8 Å². The lowest BCUT2D eigenvalue weighted by Crippen LogP contribution is -2.18. The van der Waals surface area contributed by atoms with Crippen LogP contribution in [-0.2, 0) is 13.3 Å². The van der Waals surface area contributed by atoms with Crippen molar-refractivity contribution in [3.8, 4) is 5.75 Å². The van der Waals surface area contributed by atoms with E-state index in [9.17, 15) is 9.59 Å². The molecule has 10 heteroatoms. The molecule has 4 aromatic rings. The van der Waals surface area contributed by atoms with Gasteiger partial charge in [0, 0.05) is 29.6 Å². The standard InChI is InChI=1S/C25H25ClN6O3/c1-4-31-14-21(23(30-31)25(34)27-18-8-6-5-7-9-18)28-24(33)20-10-11-32(29-20)15-35-19-12-16(2)22(26)17(3)13-19/h5-14H,4,15H2,1-3H3,(H,27,34)(H,28,33). The maximum absolute atomic E-state index is 12.8. The Bertz CT molecular complexity index is 1340. The Kier molecular flexibility index (Phi) is 7.17. The summed E-state index contributed by atoms with van der Waals surface area (Å²) in [7, 11) is 0. The molecular formula is C25H25ClN6O3. The van der Waals surface area contributed by atoms with Gasteiger partial charge in [0.05, 0.1) is 5.69 Å². The van der Waals surface area contributed by atoms with E-state index in [1.165, 1.54) is 4.68 Å². The van der Waals surface area contributed by atoms with Crippen molar-refractivity contribution in [2.24, 2.45) is 0 Å². The van der Waals surface area contributed by atoms with Crippen molar-refractivity contribution < 1.29 is 14.3 Å². The molecule has 0 radical (unpaired) electrons. The number of carbonyl (C=O) groups is 2. The second-order valence-corrected chi connectivity index (χ2v) is 8.28. The normalized spacial score (nSPS) is 10.7. The number of carbonyl (C=O) groups excluding carboxylic acids is 2. The molecule has 0 fully saturated rings. The van der Waals surface area contributed by atoms with Crippen LogP contribution in [0.2, 0.25) is 5.02 Å². The second kappa shape index (κ2) is 10.4. The van der Waals surface area contributed by atoms with E-state index in [4.69, 9.17) is 16.3 Å². The van der Waals surface area contributed by atoms with Crippen molar-refractivity contribution >= 4 is 34.8 Å². The fourth-order valence-corrected chi connectivity index (χ4v) is 3.53. The lowest BCUT2D eigenvalue weighted by Gasteiger charge is -2.10. The van der Waals surface area contributed by atoms with Gasteiger partial charge in [-0.25, -0.2) is 4.68 Å². The quantitative estimate of drug-likeness (QED) is 0.363. The summed E-state index contributed by atoms with van der Waals surface area (Å²) in [4.78, 5) is 25.6. The predicted octanol–water partition coefficient (Wildman–Crippen LogP) is 4.91. The average molecular weight is 493 g/mol. The van der Waals surface area contributed by atoms with Crippen LogP contribution in [0.5, 0.6) is 5.75 Å². The number of ether oxygens (including phenoxy) is 1. The van der Waals surface area contributed by atoms with Crippen LogP contribution in [-0.4, -0.2) is 31.4 Å². The van der Waals surface area contributed by atoms with Gasteiger partial charge in [0.1, 0.15) is 5.75 Å². The molecule has 2 N–H and O–H groups in total. The number of benzene rings is 2. The number of halogens is 1. The summed E-state index contributed by atoms with van der Waals surface area (Å²) in [6.45, 7) is 6.37. The van der Waals surface area contributed by atoms with Crippen LogP contribution in [0.1, 0.15) is 39.0 Å². The van der Waals surface area contributed by atoms with Gasteiger partial charge in [-0.3, -0.25) is 14.3 Å². The highest BCUT2D eigenvalue weighted by Gasteiger charge is 2.20. The summed E-state index contributed by atoms with van der Waals surface area (Å²) in [6, 6.07) is 14.3. The highest BCUT2D eigenvalue weighted by Crippen LogP contribution is 2.26. The Balaban J connectivity index is 1.44. The summed E-state index contributed by atoms with van der Waals surface area (Å²) in [6.07, 6.45) is 3.26. The van der Waals surface area contributed by atoms with Crippen molar-refractivity contribution in [2.75, 3.05) is 10.6 Å². The number of aromatic nitrogens is 4. The highest BCUT2D eigenvalue weighted by atomic mass is 35.5. The van der Waals surface area contributed by atoms with Gasteiger partial charge in [-0.15, -0.1) is 0 Å². The third-order valence-electron chi connectivity index (χ3n) is 5.23. The van der Waals surface area contributed by atoms with Crippen LogP contribution in [0, 0.1) is 13.8 Å². The third-order valence-corrected chi connectivity index (χ3v) is 5.82. The molecule has 2 heterocycles. The zero-order valence-electron chi connectivity index (χ0n) is 19.6. The topological polar surface area (TPSA) is 103 Å². The molecule has 0 aliphatic carbocycles. The molecular weight excluding hydrogens is 468 g/mol. The van der Waals surface area contributed by atoms with E-state index in [-0.39, 0.29) is 18.1 Å². The molecule has 0 unspecified atom stereocenters. The first kappa shape index (κ1) is 24.0. The molecule has 2 aromatic carbocycles. The van der Waals surface area contributed by atoms with E-state index in [0.29, 0.717) is 28.7 Å². The number of hydrogen-bond donors (Lipinski definition) is 2. The molecule has 2 amide bonds. The summed E-state index contributed by atoms with van der Waals surface area (Å²) in [5, 5.41) is 14.8. The molecule has 0 atom stereocenters. The SMILES string of the molecule is CCn1cc(NC(=O)c2ccn(COc3cc(C)c(Cl)c(C)c3)n2)c(C(=O)Nc2ccccc2)n1. The number of para-hydroxylation sites is 1. The number of anilines is 2. The molecule has 4 rings (SSSR count). The maximum atomic E-state index is 12.8. The van der Waals surface area contributed by atoms with Crippen molar-refractivity contribution in [3.05, 3.63) is 88.5 Å². The number of nitrogens with one attached hydrogen (secondary N) is 2. The first-order valence-electron chi connectivity index (χ1n) is 11.0. The zero-order chi connectivity index (χ0) is 24.9. The number of hydrogen-bond acceptors (Lipinski definition) is 5. The van der Waals surface area contributed by atoms with Gasteiger partial charge < -0.3 is 15.4 Å². The van der Waals surface area contributed by atoms with Gasteiger partial charge in [0.15, 0.2) is 18.1 Å². The summed E-state index contributed by atoms with van der Waals surface area (Å²) in [5.74, 6) is -0.232. The van der Waals surface area contributed by atoms with Crippen molar-refractivity contribution in [2.45, 2.75) is 34.0 Å². The zero-order valence-corrected chi connectivity index (χ0v) is 20.3. The molecule has 2 aromatic heterocycles. The number of nitrogens with zero attached hydrogens (tertiary/aromatic N) is 4. The molecule has 35 heavy (non-hydrogen) atoms. The summed E-state index contributed by atoms with van der Waals surface area (Å²) < 4.78 is 8.88. The highest BCUT2D eigenvalue weighted by molar-refractivity contribution is 6.32. The van der Waals surface area contributed by atoms with Crippen LogP contribution in [0.4, 0.5) is 11.4 Å². The minimum Gasteiger partial charge on any atom is -0.471 e. The summed E-state index contributed by atoms with van der Waals surface area (Å²) >= 11 is 6.20. The monoisotopic (exact) mass is 492 g/mol. The molecule has 9 nitrogen and oxygen atoms in total. The van der Waals surface area contributed by atoms with Crippen LogP contribution < -0.4 is 15.4 Å². The van der Waals surface area contributed by atoms with Gasteiger partial charge in [-0.1, -0.05) is 29.8 Å². The maximum Gasteiger partial charge on any atom is 0.278 e. The average Bonchev–Trinajstić information content (AvgIpc) is 3.49. The van der Waals surface area contributed by atoms with Crippen LogP contribution in [0.15, 0.2) is 60.9 Å². The van der Waals surface area contributed by atoms with Crippen molar-refractivity contribution in [3.63, 3.8) is 0 Å². The first-order valence-corrected chi connectivity index (χ1v) is 11.4. The smallest absolute Gasteiger partial charge is 0.278 e. The Labute approximate surface area is 207 Å². The van der Waals surface area contributed by atoms with Gasteiger partial charge in [-0.2, -0.15) is 10.2 Å². The van der Waals surface area contributed by atoms with E-state index in [1.807, 2.05) is 51.1 Å². The lowest BCUT2D eigenvalue weighted by atomic mass is 10.1. The van der Waals surface area contributed by atoms with Crippen molar-refractivity contribution in [1.82, 2.24) is 19.6 Å². The van der Waals surface area contributed by atoms with Crippen molar-refractivity contribution in [1.29, 1.82) is 0 Å². The Morgan fingerprint density at radius 1 is 0.971 bits per heavy atom. The van der Waals surface area contributed by atoms with Crippen LogP contribution in [0.3, 0.4) is 0 Å². The minimum absolute atomic E-state index is 0.111. The van der Waals surface area contributed by atoms with E-state index in [1.54, 1.807) is 35.3 Å². The predicted molar refractivity (Wildman–Crippen MR) is 134 cm³/mol. The van der Waals surface area contributed by atoms with Gasteiger partial charge in [0.2, 0.25) is 0 Å². The van der Waals surface area contributed by atoms with Gasteiger partial charge >= 0.3 is 0 Å². The first-order chi connectivity index (χ1) is 16.8. The molecule has 180 valence electrons. The third kappa shape index (κ3) is 5.70. The van der Waals surface area contributed by atoms with Gasteiger partial charge in [-0.05, 0) is 62.2 Å². The summed E-state index contributed by atoms with van der Waals surface area (Å²) in [5.41, 5.74) is 3.05. The van der Waals surface area contributed by atoms with Gasteiger partial charge in [0.25, 0.3) is 11.8 Å². The molecule has 0 aliphatic rings. The molecule has 0 spiro atoms. The Morgan fingerprint density at radius 3 is 2.37 bits per heavy atom. The fourth-order valence-electron chi connectivity index (χ4n) is 3.43. The van der Waals surface area contributed by atoms with Crippen LogP contribution >= 0.6 is 11.6 Å². The van der Waals surface area contributed by atoms with E-state index < -0.39 is 11.8 Å². The minimum atomic E-state index is -0.466. The lowest BCUT2D eigenvalue weighted by molar-refractivity contribution is 0.102. The largest absolute Gasteiger partial charge is 0.471 e. The molecule has 0 saturated carbocycles.